The SMILES string of the molecule is CCc1c2c(nc3ccc(OC/C(=C\CCN(C)C(=O)OC(C)(C)C)C(=O)N4CCN(c5nc(OC[C@@]67CCCN6C[C@H](F)C7)nc6c(F)c(-c7ccc(F)c8sc(NC(=O)OC(C)(C)C)c(C#N)c78)c(Cl)cc56)[C@@H](C)C4)cc13)-c1cc3c(c(=O)n1C2)COC(=O)[C@]3(O)CC. The number of pyridine rings is 2. The van der Waals surface area contributed by atoms with Crippen LogP contribution in [0.5, 0.6) is 11.8 Å². The molecule has 3 amide bonds. The average Bonchev–Trinajstić information content (AvgIpc) is 1.71. The summed E-state index contributed by atoms with van der Waals surface area (Å²) in [5.41, 5.74) is -1.06. The van der Waals surface area contributed by atoms with Crippen LogP contribution in [0.1, 0.15) is 122 Å². The first-order valence-corrected chi connectivity index (χ1v) is 33.0. The average molecular weight is 1340 g/mol. The summed E-state index contributed by atoms with van der Waals surface area (Å²) in [4.78, 5) is 89.9. The van der Waals surface area contributed by atoms with Crippen LogP contribution in [0.25, 0.3) is 54.4 Å². The maximum Gasteiger partial charge on any atom is 0.412 e. The highest BCUT2D eigenvalue weighted by atomic mass is 35.5. The molecular weight excluding hydrogens is 1270 g/mol. The van der Waals surface area contributed by atoms with Gasteiger partial charge in [0.2, 0.25) is 0 Å². The van der Waals surface area contributed by atoms with Crippen molar-refractivity contribution >= 4 is 89.7 Å². The van der Waals surface area contributed by atoms with E-state index in [0.717, 1.165) is 40.3 Å². The fourth-order valence-electron chi connectivity index (χ4n) is 13.8. The number of hydrogen-bond donors (Lipinski definition) is 2. The smallest absolute Gasteiger partial charge is 0.412 e. The summed E-state index contributed by atoms with van der Waals surface area (Å²) < 4.78 is 79.8. The Morgan fingerprint density at radius 1 is 0.979 bits per heavy atom. The summed E-state index contributed by atoms with van der Waals surface area (Å²) in [7, 11) is 1.61. The molecule has 0 spiro atoms. The van der Waals surface area contributed by atoms with Gasteiger partial charge in [0.1, 0.15) is 71.2 Å². The Kier molecular flexibility index (Phi) is 17.6. The van der Waals surface area contributed by atoms with Gasteiger partial charge >= 0.3 is 24.2 Å². The number of hydrogen-bond acceptors (Lipinski definition) is 18. The number of amides is 3. The Morgan fingerprint density at radius 3 is 2.46 bits per heavy atom. The van der Waals surface area contributed by atoms with Gasteiger partial charge in [-0.1, -0.05) is 37.6 Å². The molecule has 9 heterocycles. The Hall–Kier alpha value is -8.57. The summed E-state index contributed by atoms with van der Waals surface area (Å²) in [6, 6.07) is 12.4. The molecular formula is C69H74ClF3N10O11S. The molecule has 5 aliphatic heterocycles. The van der Waals surface area contributed by atoms with E-state index in [9.17, 15) is 29.5 Å². The van der Waals surface area contributed by atoms with Crippen molar-refractivity contribution in [3.63, 3.8) is 0 Å². The van der Waals surface area contributed by atoms with Crippen molar-refractivity contribution in [3.8, 4) is 40.3 Å². The van der Waals surface area contributed by atoms with Crippen molar-refractivity contribution in [1.82, 2.24) is 34.2 Å². The summed E-state index contributed by atoms with van der Waals surface area (Å²) >= 11 is 7.96. The van der Waals surface area contributed by atoms with Crippen LogP contribution in [0.3, 0.4) is 0 Å². The molecule has 500 valence electrons. The Labute approximate surface area is 555 Å². The van der Waals surface area contributed by atoms with Gasteiger partial charge in [0.05, 0.1) is 55.4 Å². The number of nitrogens with one attached hydrogen (secondary N) is 1. The lowest BCUT2D eigenvalue weighted by Gasteiger charge is -2.41. The van der Waals surface area contributed by atoms with Crippen molar-refractivity contribution in [2.24, 2.45) is 0 Å². The summed E-state index contributed by atoms with van der Waals surface area (Å²) in [6.45, 7) is 17.2. The van der Waals surface area contributed by atoms with Gasteiger partial charge in [-0.05, 0) is 135 Å². The number of anilines is 2. The number of nitriles is 1. The second-order valence-electron chi connectivity index (χ2n) is 27.0. The third kappa shape index (κ3) is 12.3. The number of thiophene rings is 1. The normalized spacial score (nSPS) is 20.3. The van der Waals surface area contributed by atoms with Gasteiger partial charge in [-0.2, -0.15) is 15.2 Å². The minimum Gasteiger partial charge on any atom is -0.489 e. The molecule has 0 radical (unpaired) electrons. The van der Waals surface area contributed by atoms with Crippen LogP contribution in [0.4, 0.5) is 33.6 Å². The summed E-state index contributed by atoms with van der Waals surface area (Å²) in [5, 5.41) is 25.4. The van der Waals surface area contributed by atoms with Crippen molar-refractivity contribution < 1.29 is 61.1 Å². The fraction of sp³-hybridized carbons (Fsp3) is 0.464. The van der Waals surface area contributed by atoms with Crippen LogP contribution in [-0.4, -0.2) is 152 Å². The van der Waals surface area contributed by atoms with E-state index in [1.807, 2.05) is 24.8 Å². The second kappa shape index (κ2) is 25.2. The molecule has 7 aromatic rings. The van der Waals surface area contributed by atoms with E-state index in [1.165, 1.54) is 17.0 Å². The third-order valence-electron chi connectivity index (χ3n) is 18.4. The van der Waals surface area contributed by atoms with E-state index in [4.69, 9.17) is 45.3 Å². The van der Waals surface area contributed by atoms with E-state index in [-0.39, 0.29) is 160 Å². The monoisotopic (exact) mass is 1340 g/mol. The van der Waals surface area contributed by atoms with Gasteiger partial charge in [-0.3, -0.25) is 19.8 Å². The number of aromatic nitrogens is 4. The van der Waals surface area contributed by atoms with E-state index in [0.29, 0.717) is 47.6 Å². The number of aryl methyl sites for hydroxylation is 1. The molecule has 4 atom stereocenters. The minimum absolute atomic E-state index is 0.000825. The van der Waals surface area contributed by atoms with Crippen molar-refractivity contribution in [2.45, 2.75) is 149 Å². The first-order chi connectivity index (χ1) is 45.0. The van der Waals surface area contributed by atoms with Gasteiger partial charge < -0.3 is 48.1 Å². The number of benzene rings is 3. The van der Waals surface area contributed by atoms with Crippen LogP contribution in [0.15, 0.2) is 58.9 Å². The van der Waals surface area contributed by atoms with Crippen LogP contribution in [0.2, 0.25) is 5.02 Å². The van der Waals surface area contributed by atoms with Crippen LogP contribution in [0, 0.1) is 23.0 Å². The van der Waals surface area contributed by atoms with Gasteiger partial charge in [-0.25, -0.2) is 32.5 Å². The number of halogens is 4. The number of esters is 1. The first-order valence-electron chi connectivity index (χ1n) is 31.9. The van der Waals surface area contributed by atoms with Crippen LogP contribution >= 0.6 is 22.9 Å². The van der Waals surface area contributed by atoms with E-state index < -0.39 is 64.3 Å². The maximum atomic E-state index is 18.1. The highest BCUT2D eigenvalue weighted by Crippen LogP contribution is 2.48. The number of carbonyl (C=O) groups excluding carboxylic acids is 4. The number of ether oxygens (including phenoxy) is 5. The lowest BCUT2D eigenvalue weighted by atomic mass is 9.86. The molecule has 0 saturated carbocycles. The molecule has 3 fully saturated rings. The quantitative estimate of drug-likeness (QED) is 0.0550. The standard InChI is InChI=1S/C69H74ClF3N10O11S/c1-11-40-42-25-39(16-19-50(42)75-55-45(40)32-83-51(55)27-47-46(61(83)85)34-91-62(86)69(47,89)12-2)90-33-37(15-13-21-79(10)65(88)94-67(7,8)9)60(84)80-23-24-82(36(3)30-80)58-43-26-48(70)53(54(73)56(43)76-63(77-58)92-35-68-20-14-22-81(68)31-38(71)28-68)41-17-18-49(72)57-52(41)44(29-74)59(95-57)78-64(87)93-66(4,5)6/h15-19,25-27,36,38,89H,11-14,20-24,28,30-35H2,1-10H3,(H,78,87)/b37-15+/t36-,38+,68-,69-/m0/s1. The predicted molar refractivity (Wildman–Crippen MR) is 353 cm³/mol. The van der Waals surface area contributed by atoms with Crippen LogP contribution < -0.4 is 25.2 Å². The largest absolute Gasteiger partial charge is 0.489 e. The number of aliphatic hydroxyl groups is 1. The van der Waals surface area contributed by atoms with Crippen molar-refractivity contribution in [3.05, 3.63) is 109 Å². The highest BCUT2D eigenvalue weighted by Gasteiger charge is 2.50. The maximum absolute atomic E-state index is 18.1. The number of fused-ring (bicyclic) bond motifs is 8. The molecule has 3 saturated heterocycles. The lowest BCUT2D eigenvalue weighted by molar-refractivity contribution is -0.172. The molecule has 5 aliphatic rings. The van der Waals surface area contributed by atoms with Gasteiger partial charge in [-0.15, -0.1) is 11.3 Å². The second-order valence-corrected chi connectivity index (χ2v) is 28.5. The molecule has 2 N–H and O–H groups in total. The molecule has 0 bridgehead atoms. The lowest BCUT2D eigenvalue weighted by Crippen LogP contribution is -2.54. The zero-order valence-electron chi connectivity index (χ0n) is 54.6. The minimum atomic E-state index is -1.98. The van der Waals surface area contributed by atoms with E-state index in [1.54, 1.807) is 89.3 Å². The molecule has 26 heteroatoms. The van der Waals surface area contributed by atoms with Crippen molar-refractivity contribution in [1.29, 1.82) is 5.26 Å². The molecule has 3 aromatic carbocycles. The number of nitrogens with zero attached hydrogens (tertiary/aromatic N) is 9. The van der Waals surface area contributed by atoms with E-state index >= 15 is 18.0 Å². The van der Waals surface area contributed by atoms with Crippen LogP contribution in [-0.2, 0) is 49.0 Å². The first kappa shape index (κ1) is 66.5. The summed E-state index contributed by atoms with van der Waals surface area (Å²) in [6.07, 6.45) is 1.80. The summed E-state index contributed by atoms with van der Waals surface area (Å²) in [5.74, 6) is -2.18. The zero-order chi connectivity index (χ0) is 68.0. The number of alkyl halides is 1. The zero-order valence-corrected chi connectivity index (χ0v) is 56.1. The van der Waals surface area contributed by atoms with Gasteiger partial charge in [0, 0.05) is 85.1 Å². The molecule has 0 aliphatic carbocycles. The topological polar surface area (TPSA) is 244 Å². The highest BCUT2D eigenvalue weighted by molar-refractivity contribution is 7.23. The van der Waals surface area contributed by atoms with E-state index in [2.05, 4.69) is 21.3 Å². The molecule has 12 rings (SSSR count). The number of piperazine rings is 1. The predicted octanol–water partition coefficient (Wildman–Crippen LogP) is 11.9. The number of cyclic esters (lactones) is 1. The van der Waals surface area contributed by atoms with Crippen molar-refractivity contribution in [2.75, 3.05) is 69.7 Å². The molecule has 4 aromatic heterocycles. The number of rotatable bonds is 15. The Morgan fingerprint density at radius 2 is 1.75 bits per heavy atom. The van der Waals surface area contributed by atoms with Gasteiger partial charge in [0.15, 0.2) is 11.4 Å². The third-order valence-corrected chi connectivity index (χ3v) is 19.8. The molecule has 95 heavy (non-hydrogen) atoms. The van der Waals surface area contributed by atoms with Gasteiger partial charge in [0.25, 0.3) is 11.5 Å². The molecule has 0 unspecified atom stereocenters. The Balaban J connectivity index is 0.857. The fourth-order valence-corrected chi connectivity index (χ4v) is 15.2. The molecule has 21 nitrogen and oxygen atoms in total. The Bertz CT molecular complexity index is 4490. The number of carbonyl (C=O) groups is 4.